The van der Waals surface area contributed by atoms with Crippen LogP contribution in [-0.4, -0.2) is 0 Å². The highest BCUT2D eigenvalue weighted by atomic mass is 16.3. The first-order chi connectivity index (χ1) is 25.5. The minimum absolute atomic E-state index is 0.125. The van der Waals surface area contributed by atoms with Crippen molar-refractivity contribution in [3.8, 4) is 44.5 Å². The second-order valence-corrected chi connectivity index (χ2v) is 14.9. The minimum atomic E-state index is -0.125. The number of benzene rings is 9. The van der Waals surface area contributed by atoms with E-state index in [4.69, 9.17) is 4.42 Å². The Kier molecular flexibility index (Phi) is 6.08. The monoisotopic (exact) mass is 662 g/mol. The molecule has 0 amide bonds. The number of hydrogen-bond donors (Lipinski definition) is 0. The Labute approximate surface area is 302 Å². The standard InChI is InChI=1S/C51H34O/c1-51(2)45-25-24-36(28-42(45)43-30-48-44(29-46(43)51)37-16-9-10-21-47(37)52-48)50-40-19-7-5-17-38(40)49(39-18-6-8-20-41(39)50)35-15-11-14-33(27-35)34-23-22-31-12-3-4-13-32(31)26-34/h3-30H,1-2H3. The van der Waals surface area contributed by atoms with Crippen LogP contribution in [0.1, 0.15) is 25.0 Å². The summed E-state index contributed by atoms with van der Waals surface area (Å²) in [5.41, 5.74) is 14.5. The molecule has 0 fully saturated rings. The zero-order chi connectivity index (χ0) is 34.6. The van der Waals surface area contributed by atoms with E-state index in [9.17, 15) is 0 Å². The number of furan rings is 1. The number of fused-ring (bicyclic) bond motifs is 9. The second kappa shape index (κ2) is 10.8. The Balaban J connectivity index is 1.12. The molecule has 11 rings (SSSR count). The normalized spacial score (nSPS) is 13.3. The van der Waals surface area contributed by atoms with Crippen LogP contribution >= 0.6 is 0 Å². The molecule has 0 saturated carbocycles. The fourth-order valence-electron chi connectivity index (χ4n) is 9.10. The van der Waals surface area contributed by atoms with Crippen molar-refractivity contribution in [2.75, 3.05) is 0 Å². The van der Waals surface area contributed by atoms with Gasteiger partial charge < -0.3 is 4.42 Å². The minimum Gasteiger partial charge on any atom is -0.456 e. The van der Waals surface area contributed by atoms with Crippen molar-refractivity contribution in [1.29, 1.82) is 0 Å². The molecule has 0 aliphatic heterocycles. The highest BCUT2D eigenvalue weighted by Gasteiger charge is 2.36. The number of hydrogen-bond acceptors (Lipinski definition) is 1. The van der Waals surface area contributed by atoms with E-state index in [2.05, 4.69) is 178 Å². The first-order valence-corrected chi connectivity index (χ1v) is 18.2. The molecule has 0 spiro atoms. The van der Waals surface area contributed by atoms with E-state index < -0.39 is 0 Å². The van der Waals surface area contributed by atoms with Gasteiger partial charge in [-0.1, -0.05) is 147 Å². The third kappa shape index (κ3) is 4.17. The maximum Gasteiger partial charge on any atom is 0.136 e. The predicted molar refractivity (Wildman–Crippen MR) is 220 cm³/mol. The molecule has 0 bridgehead atoms. The van der Waals surface area contributed by atoms with Crippen molar-refractivity contribution >= 4 is 54.3 Å². The Morgan fingerprint density at radius 3 is 1.63 bits per heavy atom. The zero-order valence-electron chi connectivity index (χ0n) is 29.1. The van der Waals surface area contributed by atoms with Crippen LogP contribution in [0.4, 0.5) is 0 Å². The fourth-order valence-corrected chi connectivity index (χ4v) is 9.10. The van der Waals surface area contributed by atoms with Gasteiger partial charge in [0.05, 0.1) is 0 Å². The Morgan fingerprint density at radius 2 is 0.904 bits per heavy atom. The highest BCUT2D eigenvalue weighted by molar-refractivity contribution is 6.22. The molecule has 52 heavy (non-hydrogen) atoms. The summed E-state index contributed by atoms with van der Waals surface area (Å²) < 4.78 is 6.40. The lowest BCUT2D eigenvalue weighted by Gasteiger charge is -2.22. The lowest BCUT2D eigenvalue weighted by Crippen LogP contribution is -2.14. The van der Waals surface area contributed by atoms with E-state index in [-0.39, 0.29) is 5.41 Å². The van der Waals surface area contributed by atoms with E-state index in [1.807, 2.05) is 6.07 Å². The Hall–Kier alpha value is -6.44. The van der Waals surface area contributed by atoms with Crippen LogP contribution in [0.5, 0.6) is 0 Å². The molecule has 1 nitrogen and oxygen atoms in total. The third-order valence-electron chi connectivity index (χ3n) is 11.6. The molecule has 10 aromatic rings. The van der Waals surface area contributed by atoms with Gasteiger partial charge in [-0.05, 0) is 124 Å². The predicted octanol–water partition coefficient (Wildman–Crippen LogP) is 14.4. The molecule has 1 aliphatic carbocycles. The van der Waals surface area contributed by atoms with Gasteiger partial charge in [0.1, 0.15) is 11.2 Å². The van der Waals surface area contributed by atoms with Crippen molar-refractivity contribution in [3.63, 3.8) is 0 Å². The summed E-state index contributed by atoms with van der Waals surface area (Å²) in [6.07, 6.45) is 0. The molecule has 0 unspecified atom stereocenters. The maximum absolute atomic E-state index is 6.40. The van der Waals surface area contributed by atoms with Crippen LogP contribution in [0.3, 0.4) is 0 Å². The van der Waals surface area contributed by atoms with Crippen molar-refractivity contribution in [2.45, 2.75) is 19.3 Å². The van der Waals surface area contributed by atoms with Crippen molar-refractivity contribution in [3.05, 3.63) is 181 Å². The van der Waals surface area contributed by atoms with Gasteiger partial charge in [0.25, 0.3) is 0 Å². The third-order valence-corrected chi connectivity index (χ3v) is 11.6. The molecule has 0 saturated heterocycles. The van der Waals surface area contributed by atoms with Gasteiger partial charge >= 0.3 is 0 Å². The maximum atomic E-state index is 6.40. The van der Waals surface area contributed by atoms with E-state index in [1.54, 1.807) is 0 Å². The summed E-state index contributed by atoms with van der Waals surface area (Å²) in [5, 5.41) is 9.93. The van der Waals surface area contributed by atoms with Crippen molar-refractivity contribution in [2.24, 2.45) is 0 Å². The summed E-state index contributed by atoms with van der Waals surface area (Å²) in [5.74, 6) is 0. The van der Waals surface area contributed by atoms with Gasteiger partial charge in [0.15, 0.2) is 0 Å². The van der Waals surface area contributed by atoms with Crippen LogP contribution in [0.2, 0.25) is 0 Å². The van der Waals surface area contributed by atoms with E-state index in [0.717, 1.165) is 11.2 Å². The summed E-state index contributed by atoms with van der Waals surface area (Å²) in [4.78, 5) is 0. The topological polar surface area (TPSA) is 13.1 Å². The second-order valence-electron chi connectivity index (χ2n) is 14.9. The molecule has 0 radical (unpaired) electrons. The van der Waals surface area contributed by atoms with Crippen LogP contribution in [0.25, 0.3) is 98.8 Å². The van der Waals surface area contributed by atoms with Crippen molar-refractivity contribution < 1.29 is 4.42 Å². The van der Waals surface area contributed by atoms with Crippen LogP contribution in [0.15, 0.2) is 174 Å². The first-order valence-electron chi connectivity index (χ1n) is 18.2. The largest absolute Gasteiger partial charge is 0.456 e. The molecule has 1 aliphatic rings. The molecule has 0 N–H and O–H groups in total. The molecule has 0 atom stereocenters. The average Bonchev–Trinajstić information content (AvgIpc) is 3.66. The van der Waals surface area contributed by atoms with E-state index in [0.29, 0.717) is 0 Å². The molecule has 1 heterocycles. The van der Waals surface area contributed by atoms with Gasteiger partial charge in [-0.3, -0.25) is 0 Å². The van der Waals surface area contributed by atoms with Crippen molar-refractivity contribution in [1.82, 2.24) is 0 Å². The quantitative estimate of drug-likeness (QED) is 0.172. The highest BCUT2D eigenvalue weighted by Crippen LogP contribution is 2.53. The molecular weight excluding hydrogens is 629 g/mol. The summed E-state index contributed by atoms with van der Waals surface area (Å²) in [6, 6.07) is 62.5. The van der Waals surface area contributed by atoms with Gasteiger partial charge in [0, 0.05) is 16.2 Å². The molecule has 9 aromatic carbocycles. The Bertz CT molecular complexity index is 3040. The zero-order valence-corrected chi connectivity index (χ0v) is 29.1. The lowest BCUT2D eigenvalue weighted by atomic mass is 9.81. The summed E-state index contributed by atoms with van der Waals surface area (Å²) >= 11 is 0. The number of rotatable bonds is 3. The summed E-state index contributed by atoms with van der Waals surface area (Å²) in [7, 11) is 0. The van der Waals surface area contributed by atoms with Gasteiger partial charge in [-0.25, -0.2) is 0 Å². The molecular formula is C51H34O. The first kappa shape index (κ1) is 29.3. The smallest absolute Gasteiger partial charge is 0.136 e. The molecule has 1 aromatic heterocycles. The SMILES string of the molecule is CC1(C)c2ccc(-c3c4ccccc4c(-c4cccc(-c5ccc6ccccc6c5)c4)c4ccccc34)cc2-c2cc3oc4ccccc4c3cc21. The summed E-state index contributed by atoms with van der Waals surface area (Å²) in [6.45, 7) is 4.72. The van der Waals surface area contributed by atoms with Crippen LogP contribution in [0, 0.1) is 0 Å². The average molecular weight is 663 g/mol. The number of para-hydroxylation sites is 1. The Morgan fingerprint density at radius 1 is 0.346 bits per heavy atom. The molecule has 1 heteroatoms. The van der Waals surface area contributed by atoms with E-state index in [1.165, 1.54) is 98.7 Å². The molecule has 244 valence electrons. The van der Waals surface area contributed by atoms with E-state index >= 15 is 0 Å². The fraction of sp³-hybridized carbons (Fsp3) is 0.0588. The lowest BCUT2D eigenvalue weighted by molar-refractivity contribution is 0.658. The van der Waals surface area contributed by atoms with Gasteiger partial charge in [-0.15, -0.1) is 0 Å². The van der Waals surface area contributed by atoms with Gasteiger partial charge in [0.2, 0.25) is 0 Å². The van der Waals surface area contributed by atoms with Gasteiger partial charge in [-0.2, -0.15) is 0 Å². The van der Waals surface area contributed by atoms with Crippen LogP contribution < -0.4 is 0 Å². The van der Waals surface area contributed by atoms with Crippen LogP contribution in [-0.2, 0) is 5.41 Å².